The zero-order valence-electron chi connectivity index (χ0n) is 20.4. The number of hydrogen-bond acceptors (Lipinski definition) is 0. The molecule has 168 valence electrons. The van der Waals surface area contributed by atoms with Crippen LogP contribution in [0.4, 0.5) is 0 Å². The SMILES string of the molecule is CCCCCC1=[C]([Ti+3])C(C(C)(C)C)=C([SiH2]c2c(C)c(C)c(C)c(C)c2C)C1.[Cl-].[Cl-].[Cl-]. The molecular weight excluding hydrogens is 483 g/mol. The summed E-state index contributed by atoms with van der Waals surface area (Å²) in [6.45, 7) is 21.2. The van der Waals surface area contributed by atoms with Gasteiger partial charge in [-0.2, -0.15) is 0 Å². The Morgan fingerprint density at radius 3 is 1.70 bits per heavy atom. The van der Waals surface area contributed by atoms with Gasteiger partial charge in [-0.05, 0) is 0 Å². The van der Waals surface area contributed by atoms with Gasteiger partial charge in [0.1, 0.15) is 0 Å². The van der Waals surface area contributed by atoms with Crippen molar-refractivity contribution in [3.63, 3.8) is 0 Å². The molecule has 0 N–H and O–H groups in total. The molecule has 1 aliphatic rings. The topological polar surface area (TPSA) is 0 Å². The Hall–Kier alpha value is 0.501. The molecule has 0 spiro atoms. The minimum Gasteiger partial charge on any atom is -1.00 e. The van der Waals surface area contributed by atoms with Crippen LogP contribution in [0, 0.1) is 40.0 Å². The van der Waals surface area contributed by atoms with E-state index >= 15 is 0 Å². The summed E-state index contributed by atoms with van der Waals surface area (Å²) in [6.07, 6.45) is 6.60. The van der Waals surface area contributed by atoms with Crippen molar-refractivity contribution in [2.24, 2.45) is 5.41 Å². The fraction of sp³-hybridized carbons (Fsp3) is 0.600. The van der Waals surface area contributed by atoms with Gasteiger partial charge in [0.15, 0.2) is 0 Å². The van der Waals surface area contributed by atoms with E-state index in [-0.39, 0.29) is 42.6 Å². The Labute approximate surface area is 219 Å². The van der Waals surface area contributed by atoms with Crippen molar-refractivity contribution in [1.82, 2.24) is 0 Å². The zero-order valence-corrected chi connectivity index (χ0v) is 25.6. The largest absolute Gasteiger partial charge is 1.00 e. The fourth-order valence-corrected chi connectivity index (χ4v) is 8.97. The molecule has 0 fully saturated rings. The molecule has 1 aromatic rings. The number of benzene rings is 1. The average molecular weight is 522 g/mol. The molecule has 0 saturated heterocycles. The van der Waals surface area contributed by atoms with Gasteiger partial charge in [-0.15, -0.1) is 0 Å². The van der Waals surface area contributed by atoms with E-state index in [9.17, 15) is 0 Å². The van der Waals surface area contributed by atoms with Crippen LogP contribution in [0.25, 0.3) is 0 Å². The fourth-order valence-electron chi connectivity index (χ4n) is 4.70. The van der Waals surface area contributed by atoms with E-state index < -0.39 is 9.52 Å². The minimum atomic E-state index is -0.433. The first-order valence-corrected chi connectivity index (χ1v) is 12.9. The Bertz CT molecular complexity index is 773. The van der Waals surface area contributed by atoms with E-state index in [2.05, 4.69) is 82.7 Å². The molecule has 30 heavy (non-hydrogen) atoms. The van der Waals surface area contributed by atoms with E-state index in [0.29, 0.717) is 0 Å². The van der Waals surface area contributed by atoms with Crippen LogP contribution in [0.5, 0.6) is 0 Å². The van der Waals surface area contributed by atoms with Crippen molar-refractivity contribution in [3.8, 4) is 0 Å². The summed E-state index contributed by atoms with van der Waals surface area (Å²) in [6, 6.07) is 0. The molecule has 0 aromatic heterocycles. The van der Waals surface area contributed by atoms with Crippen LogP contribution in [0.3, 0.4) is 0 Å². The van der Waals surface area contributed by atoms with E-state index in [1.54, 1.807) is 31.3 Å². The van der Waals surface area contributed by atoms with Crippen molar-refractivity contribution in [1.29, 1.82) is 0 Å². The molecule has 0 bridgehead atoms. The van der Waals surface area contributed by atoms with Gasteiger partial charge in [0.25, 0.3) is 0 Å². The van der Waals surface area contributed by atoms with Crippen molar-refractivity contribution < 1.29 is 57.7 Å². The third-order valence-electron chi connectivity index (χ3n) is 6.76. The number of unbranched alkanes of at least 4 members (excludes halogenated alkanes) is 2. The van der Waals surface area contributed by atoms with Crippen LogP contribution >= 0.6 is 0 Å². The summed E-state index contributed by atoms with van der Waals surface area (Å²) >= 11 is 2.41. The Morgan fingerprint density at radius 1 is 0.800 bits per heavy atom. The molecule has 0 saturated carbocycles. The second-order valence-corrected chi connectivity index (χ2v) is 12.3. The predicted octanol–water partition coefficient (Wildman–Crippen LogP) is -2.88. The van der Waals surface area contributed by atoms with Crippen LogP contribution in [-0.4, -0.2) is 9.52 Å². The van der Waals surface area contributed by atoms with Crippen LogP contribution < -0.4 is 42.4 Å². The van der Waals surface area contributed by atoms with Gasteiger partial charge in [0, 0.05) is 0 Å². The van der Waals surface area contributed by atoms with Crippen molar-refractivity contribution in [2.75, 3.05) is 0 Å². The molecule has 0 heterocycles. The van der Waals surface area contributed by atoms with Crippen molar-refractivity contribution in [2.45, 2.75) is 94.4 Å². The second kappa shape index (κ2) is 13.3. The normalized spacial score (nSPS) is 14.2. The molecule has 5 heteroatoms. The van der Waals surface area contributed by atoms with Gasteiger partial charge in [-0.25, -0.2) is 0 Å². The average Bonchev–Trinajstić information content (AvgIpc) is 2.91. The summed E-state index contributed by atoms with van der Waals surface area (Å²) in [5.74, 6) is 0. The number of halogens is 3. The molecule has 0 aliphatic heterocycles. The first kappa shape index (κ1) is 32.7. The van der Waals surface area contributed by atoms with Crippen LogP contribution in [0.15, 0.2) is 20.2 Å². The molecule has 0 radical (unpaired) electrons. The molecule has 0 atom stereocenters. The standard InChI is InChI=1S/C25H39Si.3ClH.Ti/c1-10-11-12-13-21-14-22(25(7,8)9)23(15-21)26-24-19(5)17(3)16(2)18(4)20(24)6;;;;/h10-13,15,26H2,1-9H3;3*1H;/q;;;;+3/p-3. The van der Waals surface area contributed by atoms with E-state index in [4.69, 9.17) is 0 Å². The van der Waals surface area contributed by atoms with Gasteiger partial charge in [0.05, 0.1) is 0 Å². The van der Waals surface area contributed by atoms with Crippen molar-refractivity contribution in [3.05, 3.63) is 48.0 Å². The van der Waals surface area contributed by atoms with Gasteiger partial charge in [0.2, 0.25) is 0 Å². The Balaban J connectivity index is 0. The van der Waals surface area contributed by atoms with Crippen LogP contribution in [-0.2, 0) is 20.4 Å². The molecule has 0 nitrogen and oxygen atoms in total. The summed E-state index contributed by atoms with van der Waals surface area (Å²) < 4.78 is 1.64. The maximum absolute atomic E-state index is 2.42. The first-order chi connectivity index (χ1) is 12.5. The quantitative estimate of drug-likeness (QED) is 0.279. The van der Waals surface area contributed by atoms with Gasteiger partial charge < -0.3 is 37.2 Å². The molecule has 0 amide bonds. The third-order valence-corrected chi connectivity index (χ3v) is 10.1. The smallest absolute Gasteiger partial charge is 1.00 e. The van der Waals surface area contributed by atoms with Crippen LogP contribution in [0.1, 0.15) is 87.6 Å². The number of allylic oxidation sites excluding steroid dienone is 4. The van der Waals surface area contributed by atoms with Crippen molar-refractivity contribution >= 4 is 14.7 Å². The monoisotopic (exact) mass is 520 g/mol. The van der Waals surface area contributed by atoms with E-state index in [0.717, 1.165) is 0 Å². The summed E-state index contributed by atoms with van der Waals surface area (Å²) in [7, 11) is -0.433. The van der Waals surface area contributed by atoms with E-state index in [1.165, 1.54) is 48.8 Å². The predicted molar refractivity (Wildman–Crippen MR) is 121 cm³/mol. The first-order valence-electron chi connectivity index (χ1n) is 10.7. The number of hydrogen-bond donors (Lipinski definition) is 0. The second-order valence-electron chi connectivity index (χ2n) is 9.62. The zero-order chi connectivity index (χ0) is 20.5. The summed E-state index contributed by atoms with van der Waals surface area (Å²) in [5.41, 5.74) is 11.4. The van der Waals surface area contributed by atoms with Gasteiger partial charge in [-0.1, -0.05) is 0 Å². The maximum Gasteiger partial charge on any atom is -1.00 e. The minimum absolute atomic E-state index is 0. The van der Waals surface area contributed by atoms with Gasteiger partial charge in [-0.3, -0.25) is 0 Å². The van der Waals surface area contributed by atoms with Crippen LogP contribution in [0.2, 0.25) is 0 Å². The number of rotatable bonds is 6. The molecule has 1 aromatic carbocycles. The molecule has 0 unspecified atom stereocenters. The third kappa shape index (κ3) is 7.00. The van der Waals surface area contributed by atoms with Gasteiger partial charge >= 0.3 is 183 Å². The maximum atomic E-state index is 2.42. The molecular formula is C25H39Cl3SiTi. The molecule has 2 rings (SSSR count). The summed E-state index contributed by atoms with van der Waals surface area (Å²) in [5, 5.41) is 3.54. The Morgan fingerprint density at radius 2 is 1.27 bits per heavy atom. The summed E-state index contributed by atoms with van der Waals surface area (Å²) in [4.78, 5) is 0. The van der Waals surface area contributed by atoms with E-state index in [1.807, 2.05) is 5.20 Å². The Kier molecular flexibility index (Phi) is 14.5. The molecule has 1 aliphatic carbocycles.